The molecule has 0 saturated carbocycles. The average molecular weight is 396 g/mol. The van der Waals surface area contributed by atoms with Crippen molar-refractivity contribution in [2.24, 2.45) is 0 Å². The maximum absolute atomic E-state index is 12.6. The first-order valence-electron chi connectivity index (χ1n) is 7.81. The Morgan fingerprint density at radius 2 is 1.67 bits per heavy atom. The molecule has 1 atom stereocenters. The van der Waals surface area contributed by atoms with E-state index < -0.39 is 27.8 Å². The van der Waals surface area contributed by atoms with Crippen LogP contribution in [0.1, 0.15) is 24.1 Å². The fourth-order valence-corrected chi connectivity index (χ4v) is 3.68. The summed E-state index contributed by atoms with van der Waals surface area (Å²) in [4.78, 5) is 3.61. The standard InChI is InChI=1S/C17H15F3N4O2S/c1-12(13-2-6-15(7-3-13)24-11-21-10-22-24)23-27(25,26)16-8-4-14(5-9-16)17(18,19)20/h2-12,23H,1H3. The Morgan fingerprint density at radius 1 is 1.04 bits per heavy atom. The number of alkyl halides is 3. The maximum Gasteiger partial charge on any atom is 0.416 e. The van der Waals surface area contributed by atoms with E-state index in [1.54, 1.807) is 35.9 Å². The van der Waals surface area contributed by atoms with E-state index in [1.165, 1.54) is 12.7 Å². The van der Waals surface area contributed by atoms with Gasteiger partial charge in [-0.15, -0.1) is 0 Å². The number of halogens is 3. The van der Waals surface area contributed by atoms with Crippen LogP contribution in [0, 0.1) is 0 Å². The van der Waals surface area contributed by atoms with Crippen molar-refractivity contribution in [3.05, 3.63) is 72.3 Å². The molecule has 1 unspecified atom stereocenters. The molecule has 1 N–H and O–H groups in total. The van der Waals surface area contributed by atoms with Gasteiger partial charge in [0.05, 0.1) is 16.1 Å². The van der Waals surface area contributed by atoms with Crippen molar-refractivity contribution in [2.75, 3.05) is 0 Å². The average Bonchev–Trinajstić information content (AvgIpc) is 3.15. The predicted octanol–water partition coefficient (Wildman–Crippen LogP) is 3.33. The largest absolute Gasteiger partial charge is 0.416 e. The summed E-state index contributed by atoms with van der Waals surface area (Å²) in [6, 6.07) is 9.76. The highest BCUT2D eigenvalue weighted by atomic mass is 32.2. The van der Waals surface area contributed by atoms with Crippen LogP contribution in [-0.4, -0.2) is 23.2 Å². The summed E-state index contributed by atoms with van der Waals surface area (Å²) in [6.07, 6.45) is -1.59. The molecule has 0 radical (unpaired) electrons. The van der Waals surface area contributed by atoms with Crippen LogP contribution in [0.4, 0.5) is 13.2 Å². The SMILES string of the molecule is CC(NS(=O)(=O)c1ccc(C(F)(F)F)cc1)c1ccc(-n2cncn2)cc1. The summed E-state index contributed by atoms with van der Waals surface area (Å²) in [5.74, 6) is 0. The molecule has 0 aliphatic heterocycles. The second-order valence-electron chi connectivity index (χ2n) is 5.80. The van der Waals surface area contributed by atoms with E-state index in [2.05, 4.69) is 14.8 Å². The molecule has 10 heteroatoms. The van der Waals surface area contributed by atoms with Gasteiger partial charge in [0.2, 0.25) is 10.0 Å². The van der Waals surface area contributed by atoms with Crippen LogP contribution in [0.5, 0.6) is 0 Å². The van der Waals surface area contributed by atoms with Gasteiger partial charge in [0.1, 0.15) is 12.7 Å². The molecule has 0 amide bonds. The molecule has 0 bridgehead atoms. The van der Waals surface area contributed by atoms with Gasteiger partial charge < -0.3 is 0 Å². The lowest BCUT2D eigenvalue weighted by Crippen LogP contribution is -2.27. The van der Waals surface area contributed by atoms with Crippen LogP contribution in [0.3, 0.4) is 0 Å². The maximum atomic E-state index is 12.6. The van der Waals surface area contributed by atoms with Crippen LogP contribution in [0.2, 0.25) is 0 Å². The van der Waals surface area contributed by atoms with Gasteiger partial charge in [-0.1, -0.05) is 12.1 Å². The number of hydrogen-bond acceptors (Lipinski definition) is 4. The monoisotopic (exact) mass is 396 g/mol. The van der Waals surface area contributed by atoms with Crippen molar-refractivity contribution in [2.45, 2.75) is 24.0 Å². The number of benzene rings is 2. The zero-order valence-electron chi connectivity index (χ0n) is 14.1. The van der Waals surface area contributed by atoms with Gasteiger partial charge in [0.25, 0.3) is 0 Å². The molecular formula is C17H15F3N4O2S. The van der Waals surface area contributed by atoms with E-state index in [1.807, 2.05) is 0 Å². The molecule has 142 valence electrons. The Labute approximate surface area is 153 Å². The lowest BCUT2D eigenvalue weighted by atomic mass is 10.1. The topological polar surface area (TPSA) is 76.9 Å². The molecule has 2 aromatic carbocycles. The fourth-order valence-electron chi connectivity index (χ4n) is 2.45. The van der Waals surface area contributed by atoms with E-state index >= 15 is 0 Å². The van der Waals surface area contributed by atoms with E-state index in [-0.39, 0.29) is 4.90 Å². The lowest BCUT2D eigenvalue weighted by Gasteiger charge is -2.15. The fraction of sp³-hybridized carbons (Fsp3) is 0.176. The second kappa shape index (κ2) is 7.12. The number of nitrogens with zero attached hydrogens (tertiary/aromatic N) is 3. The molecule has 3 aromatic rings. The number of sulfonamides is 1. The van der Waals surface area contributed by atoms with E-state index in [4.69, 9.17) is 0 Å². The third-order valence-corrected chi connectivity index (χ3v) is 5.46. The van der Waals surface area contributed by atoms with Crippen LogP contribution in [0.15, 0.2) is 66.1 Å². The molecule has 0 spiro atoms. The highest BCUT2D eigenvalue weighted by Gasteiger charge is 2.30. The van der Waals surface area contributed by atoms with Gasteiger partial charge in [-0.05, 0) is 48.9 Å². The summed E-state index contributed by atoms with van der Waals surface area (Å²) in [7, 11) is -3.97. The Kier molecular flexibility index (Phi) is 5.03. The summed E-state index contributed by atoms with van der Waals surface area (Å²) < 4.78 is 66.7. The molecule has 0 aliphatic carbocycles. The highest BCUT2D eigenvalue weighted by molar-refractivity contribution is 7.89. The summed E-state index contributed by atoms with van der Waals surface area (Å²) in [5.41, 5.74) is 0.543. The highest BCUT2D eigenvalue weighted by Crippen LogP contribution is 2.30. The van der Waals surface area contributed by atoms with Gasteiger partial charge >= 0.3 is 6.18 Å². The molecule has 0 saturated heterocycles. The normalized spacial score (nSPS) is 13.5. The first-order valence-corrected chi connectivity index (χ1v) is 9.30. The zero-order chi connectivity index (χ0) is 19.7. The van der Waals surface area contributed by atoms with Crippen molar-refractivity contribution >= 4 is 10.0 Å². The third-order valence-electron chi connectivity index (χ3n) is 3.90. The number of hydrogen-bond donors (Lipinski definition) is 1. The zero-order valence-corrected chi connectivity index (χ0v) is 14.9. The number of rotatable bonds is 5. The Bertz CT molecular complexity index is 1000. The van der Waals surface area contributed by atoms with Crippen LogP contribution >= 0.6 is 0 Å². The predicted molar refractivity (Wildman–Crippen MR) is 91.5 cm³/mol. The summed E-state index contributed by atoms with van der Waals surface area (Å²) in [6.45, 7) is 1.64. The third kappa shape index (κ3) is 4.34. The Morgan fingerprint density at radius 3 is 2.19 bits per heavy atom. The molecule has 1 aromatic heterocycles. The van der Waals surface area contributed by atoms with Crippen molar-refractivity contribution < 1.29 is 21.6 Å². The lowest BCUT2D eigenvalue weighted by molar-refractivity contribution is -0.137. The van der Waals surface area contributed by atoms with E-state index in [0.29, 0.717) is 5.56 Å². The minimum Gasteiger partial charge on any atom is -0.223 e. The Hall–Kier alpha value is -2.72. The van der Waals surface area contributed by atoms with Gasteiger partial charge in [-0.25, -0.2) is 22.8 Å². The molecule has 0 fully saturated rings. The first kappa shape index (κ1) is 19.1. The molecular weight excluding hydrogens is 381 g/mol. The molecule has 27 heavy (non-hydrogen) atoms. The van der Waals surface area contributed by atoms with Crippen molar-refractivity contribution in [3.63, 3.8) is 0 Å². The van der Waals surface area contributed by atoms with Crippen LogP contribution in [-0.2, 0) is 16.2 Å². The Balaban J connectivity index is 1.75. The van der Waals surface area contributed by atoms with Gasteiger partial charge in [0.15, 0.2) is 0 Å². The van der Waals surface area contributed by atoms with Gasteiger partial charge in [0, 0.05) is 6.04 Å². The van der Waals surface area contributed by atoms with Gasteiger partial charge in [-0.2, -0.15) is 18.3 Å². The number of nitrogens with one attached hydrogen (secondary N) is 1. The van der Waals surface area contributed by atoms with E-state index in [0.717, 1.165) is 30.0 Å². The summed E-state index contributed by atoms with van der Waals surface area (Å²) >= 11 is 0. The summed E-state index contributed by atoms with van der Waals surface area (Å²) in [5, 5.41) is 4.00. The second-order valence-corrected chi connectivity index (χ2v) is 7.51. The molecule has 1 heterocycles. The van der Waals surface area contributed by atoms with E-state index in [9.17, 15) is 21.6 Å². The van der Waals surface area contributed by atoms with Gasteiger partial charge in [-0.3, -0.25) is 0 Å². The van der Waals surface area contributed by atoms with Crippen LogP contribution < -0.4 is 4.72 Å². The van der Waals surface area contributed by atoms with Crippen molar-refractivity contribution in [3.8, 4) is 5.69 Å². The van der Waals surface area contributed by atoms with Crippen LogP contribution in [0.25, 0.3) is 5.69 Å². The molecule has 3 rings (SSSR count). The minimum atomic E-state index is -4.52. The van der Waals surface area contributed by atoms with Crippen molar-refractivity contribution in [1.82, 2.24) is 19.5 Å². The first-order chi connectivity index (χ1) is 12.7. The minimum absolute atomic E-state index is 0.235. The van der Waals surface area contributed by atoms with Crippen molar-refractivity contribution in [1.29, 1.82) is 0 Å². The number of aromatic nitrogens is 3. The quantitative estimate of drug-likeness (QED) is 0.718. The molecule has 0 aliphatic rings. The molecule has 6 nitrogen and oxygen atoms in total. The smallest absolute Gasteiger partial charge is 0.223 e.